The van der Waals surface area contributed by atoms with Crippen LogP contribution in [-0.2, 0) is 18.6 Å². The first-order valence-electron chi connectivity index (χ1n) is 7.70. The third kappa shape index (κ3) is 5.09. The Balaban J connectivity index is 2.27. The summed E-state index contributed by atoms with van der Waals surface area (Å²) in [7, 11) is -4.60. The molecular weight excluding hydrogens is 353 g/mol. The second-order valence-corrected chi connectivity index (χ2v) is 7.37. The molecule has 2 rings (SSSR count). The third-order valence-corrected chi connectivity index (χ3v) is 4.88. The number of carbonyl (C=O) groups excluding carboxylic acids is 1. The van der Waals surface area contributed by atoms with Crippen LogP contribution < -0.4 is 4.57 Å². The molecule has 138 valence electrons. The molecule has 1 aliphatic carbocycles. The van der Waals surface area contributed by atoms with E-state index in [1.54, 1.807) is 16.8 Å². The van der Waals surface area contributed by atoms with Crippen LogP contribution in [0.3, 0.4) is 0 Å². The summed E-state index contributed by atoms with van der Waals surface area (Å²) in [4.78, 5) is 40.4. The van der Waals surface area contributed by atoms with Crippen molar-refractivity contribution >= 4 is 19.8 Å². The van der Waals surface area contributed by atoms with Gasteiger partial charge in [-0.05, 0) is 12.0 Å². The van der Waals surface area contributed by atoms with Crippen molar-refractivity contribution in [3.63, 3.8) is 0 Å². The Labute approximate surface area is 144 Å². The zero-order chi connectivity index (χ0) is 18.8. The summed E-state index contributed by atoms with van der Waals surface area (Å²) in [5.41, 5.74) is 0.0895. The van der Waals surface area contributed by atoms with Crippen LogP contribution in [0, 0.1) is 11.8 Å². The van der Waals surface area contributed by atoms with Gasteiger partial charge in [0.25, 0.3) is 0 Å². The van der Waals surface area contributed by atoms with Gasteiger partial charge in [0.15, 0.2) is 24.5 Å². The first kappa shape index (κ1) is 19.5. The van der Waals surface area contributed by atoms with Gasteiger partial charge in [0.05, 0.1) is 6.61 Å². The highest BCUT2D eigenvalue weighted by molar-refractivity contribution is 7.46. The van der Waals surface area contributed by atoms with Gasteiger partial charge in [-0.25, -0.2) is 9.36 Å². The fraction of sp³-hybridized carbons (Fsp3) is 0.533. The minimum absolute atomic E-state index is 0.0895. The van der Waals surface area contributed by atoms with E-state index >= 15 is 0 Å². The van der Waals surface area contributed by atoms with Crippen molar-refractivity contribution in [2.24, 2.45) is 11.8 Å². The molecule has 0 radical (unpaired) electrons. The van der Waals surface area contributed by atoms with E-state index in [-0.39, 0.29) is 30.0 Å². The number of hydrogen-bond donors (Lipinski definition) is 3. The molecule has 1 aliphatic rings. The Morgan fingerprint density at radius 1 is 1.40 bits per heavy atom. The summed E-state index contributed by atoms with van der Waals surface area (Å²) in [5.74, 6) is -2.04. The molecule has 25 heavy (non-hydrogen) atoms. The molecule has 3 N–H and O–H groups in total. The van der Waals surface area contributed by atoms with Crippen molar-refractivity contribution in [2.45, 2.75) is 32.4 Å². The number of carboxylic acid groups (broad SMARTS) is 1. The lowest BCUT2D eigenvalue weighted by Crippen LogP contribution is -2.45. The molecule has 0 aromatic carbocycles. The Hall–Kier alpha value is -1.80. The van der Waals surface area contributed by atoms with E-state index in [4.69, 9.17) is 19.6 Å². The predicted octanol–water partition coefficient (Wildman–Crippen LogP) is 0.910. The van der Waals surface area contributed by atoms with E-state index in [1.165, 1.54) is 19.2 Å². The van der Waals surface area contributed by atoms with Crippen molar-refractivity contribution in [3.8, 4) is 0 Å². The molecular formula is C15H21NO8P+. The second-order valence-electron chi connectivity index (χ2n) is 6.13. The first-order chi connectivity index (χ1) is 11.6. The molecule has 0 aliphatic heterocycles. The van der Waals surface area contributed by atoms with Crippen molar-refractivity contribution in [1.82, 2.24) is 0 Å². The number of esters is 1. The summed E-state index contributed by atoms with van der Waals surface area (Å²) in [6, 6.07) is 2.67. The highest BCUT2D eigenvalue weighted by Gasteiger charge is 2.48. The largest absolute Gasteiger partial charge is 0.477 e. The molecule has 0 bridgehead atoms. The number of phosphoric ester groups is 1. The van der Waals surface area contributed by atoms with E-state index in [0.717, 1.165) is 0 Å². The predicted molar refractivity (Wildman–Crippen MR) is 83.5 cm³/mol. The molecule has 1 saturated carbocycles. The maximum absolute atomic E-state index is 11.4. The molecule has 1 aromatic heterocycles. The summed E-state index contributed by atoms with van der Waals surface area (Å²) < 4.78 is 22.6. The zero-order valence-corrected chi connectivity index (χ0v) is 14.7. The lowest BCUT2D eigenvalue weighted by molar-refractivity contribution is -0.728. The standard InChI is InChI=1S/C15H20NO8P/c1-9-12(8-23-25(20,21)22)6-13(14(9)24-10(2)17)16-5-3-4-11(7-16)15(18)19/h3-5,7,9,12-14H,6,8H2,1-2H3,(H2-,18,19,20,21,22)/p+1/t9-,12-,13-,14-/m1/s1. The lowest BCUT2D eigenvalue weighted by atomic mass is 9.98. The van der Waals surface area contributed by atoms with Crippen LogP contribution in [0.15, 0.2) is 24.5 Å². The van der Waals surface area contributed by atoms with Gasteiger partial charge in [0, 0.05) is 25.3 Å². The number of hydrogen-bond acceptors (Lipinski definition) is 5. The topological polar surface area (TPSA) is 134 Å². The van der Waals surface area contributed by atoms with Crippen LogP contribution in [0.5, 0.6) is 0 Å². The van der Waals surface area contributed by atoms with Gasteiger partial charge in [-0.2, -0.15) is 4.57 Å². The molecule has 0 saturated heterocycles. The maximum atomic E-state index is 11.4. The number of carbonyl (C=O) groups is 2. The molecule has 1 fully saturated rings. The smallest absolute Gasteiger partial charge is 0.469 e. The number of nitrogens with zero attached hydrogens (tertiary/aromatic N) is 1. The second kappa shape index (κ2) is 7.61. The maximum Gasteiger partial charge on any atom is 0.469 e. The fourth-order valence-electron chi connectivity index (χ4n) is 3.18. The minimum atomic E-state index is -4.60. The van der Waals surface area contributed by atoms with Crippen LogP contribution in [0.1, 0.15) is 36.7 Å². The number of phosphoric acid groups is 1. The van der Waals surface area contributed by atoms with E-state index < -0.39 is 25.9 Å². The SMILES string of the molecule is CC(=O)O[C@@H]1[C@H](C)[C@@H](COP(=O)(O)O)C[C@H]1[n+]1cccc(C(=O)O)c1. The first-order valence-corrected chi connectivity index (χ1v) is 9.23. The van der Waals surface area contributed by atoms with Crippen molar-refractivity contribution in [3.05, 3.63) is 30.1 Å². The van der Waals surface area contributed by atoms with Crippen LogP contribution in [0.4, 0.5) is 0 Å². The quantitative estimate of drug-likeness (QED) is 0.380. The molecule has 1 aromatic rings. The highest BCUT2D eigenvalue weighted by atomic mass is 31.2. The number of pyridine rings is 1. The Kier molecular flexibility index (Phi) is 5.95. The van der Waals surface area contributed by atoms with Gasteiger partial charge in [0.1, 0.15) is 5.56 Å². The molecule has 1 heterocycles. The molecule has 0 amide bonds. The number of aromatic carboxylic acids is 1. The Bertz CT molecular complexity index is 703. The average Bonchev–Trinajstić information content (AvgIpc) is 2.81. The normalized spacial score (nSPS) is 26.4. The third-order valence-electron chi connectivity index (χ3n) is 4.40. The highest BCUT2D eigenvalue weighted by Crippen LogP contribution is 2.43. The van der Waals surface area contributed by atoms with Gasteiger partial charge in [-0.1, -0.05) is 6.92 Å². The molecule has 4 atom stereocenters. The van der Waals surface area contributed by atoms with E-state index in [1.807, 2.05) is 6.92 Å². The van der Waals surface area contributed by atoms with Crippen molar-refractivity contribution in [1.29, 1.82) is 0 Å². The van der Waals surface area contributed by atoms with Gasteiger partial charge >= 0.3 is 19.8 Å². The molecule has 10 heteroatoms. The van der Waals surface area contributed by atoms with Crippen LogP contribution in [-0.4, -0.2) is 39.5 Å². The number of ether oxygens (including phenoxy) is 1. The Morgan fingerprint density at radius 3 is 2.64 bits per heavy atom. The summed E-state index contributed by atoms with van der Waals surface area (Å²) in [6.45, 7) is 2.91. The van der Waals surface area contributed by atoms with Gasteiger partial charge in [-0.3, -0.25) is 9.32 Å². The van der Waals surface area contributed by atoms with Crippen LogP contribution in [0.2, 0.25) is 0 Å². The van der Waals surface area contributed by atoms with Gasteiger partial charge in [0.2, 0.25) is 0 Å². The van der Waals surface area contributed by atoms with Gasteiger partial charge < -0.3 is 19.6 Å². The summed E-state index contributed by atoms with van der Waals surface area (Å²) in [6.07, 6.45) is 2.99. The molecule has 0 unspecified atom stereocenters. The molecule has 0 spiro atoms. The average molecular weight is 374 g/mol. The number of carboxylic acids is 1. The summed E-state index contributed by atoms with van der Waals surface area (Å²) in [5, 5.41) is 9.14. The Morgan fingerprint density at radius 2 is 2.08 bits per heavy atom. The minimum Gasteiger partial charge on any atom is -0.477 e. The number of rotatable bonds is 6. The molecule has 9 nitrogen and oxygen atoms in total. The lowest BCUT2D eigenvalue weighted by Gasteiger charge is -2.21. The van der Waals surface area contributed by atoms with Crippen LogP contribution in [0.25, 0.3) is 0 Å². The monoisotopic (exact) mass is 374 g/mol. The fourth-order valence-corrected chi connectivity index (χ4v) is 3.57. The van der Waals surface area contributed by atoms with Crippen molar-refractivity contribution < 1.29 is 42.9 Å². The van der Waals surface area contributed by atoms with E-state index in [0.29, 0.717) is 6.42 Å². The number of aromatic nitrogens is 1. The van der Waals surface area contributed by atoms with Crippen LogP contribution >= 0.6 is 7.82 Å². The van der Waals surface area contributed by atoms with E-state index in [9.17, 15) is 14.2 Å². The van der Waals surface area contributed by atoms with E-state index in [2.05, 4.69) is 4.52 Å². The van der Waals surface area contributed by atoms with Gasteiger partial charge in [-0.15, -0.1) is 0 Å². The summed E-state index contributed by atoms with van der Waals surface area (Å²) >= 11 is 0. The zero-order valence-electron chi connectivity index (χ0n) is 13.8. The van der Waals surface area contributed by atoms with Crippen molar-refractivity contribution in [2.75, 3.05) is 6.61 Å².